The summed E-state index contributed by atoms with van der Waals surface area (Å²) in [5, 5.41) is 4.90. The molecule has 4 rings (SSSR count). The molecule has 5 nitrogen and oxygen atoms in total. The van der Waals surface area contributed by atoms with Crippen LogP contribution < -0.4 is 10.1 Å². The normalized spacial score (nSPS) is 20.1. The maximum atomic E-state index is 12.7. The lowest BCUT2D eigenvalue weighted by atomic mass is 9.97. The summed E-state index contributed by atoms with van der Waals surface area (Å²) in [7, 11) is 0. The van der Waals surface area contributed by atoms with Crippen LogP contribution in [0.15, 0.2) is 41.8 Å². The maximum absolute atomic E-state index is 12.7. The second kappa shape index (κ2) is 8.78. The van der Waals surface area contributed by atoms with Crippen molar-refractivity contribution in [1.29, 1.82) is 0 Å². The van der Waals surface area contributed by atoms with Gasteiger partial charge in [0, 0.05) is 18.8 Å². The van der Waals surface area contributed by atoms with E-state index in [2.05, 4.69) is 5.32 Å². The largest absolute Gasteiger partial charge is 0.490 e. The molecule has 1 atom stereocenters. The van der Waals surface area contributed by atoms with Crippen molar-refractivity contribution >= 4 is 28.8 Å². The molecule has 2 fully saturated rings. The van der Waals surface area contributed by atoms with E-state index in [0.29, 0.717) is 19.2 Å². The molecule has 2 aliphatic rings. The van der Waals surface area contributed by atoms with Gasteiger partial charge in [0.1, 0.15) is 5.75 Å². The first-order chi connectivity index (χ1) is 13.7. The molecule has 1 saturated heterocycles. The zero-order valence-corrected chi connectivity index (χ0v) is 16.7. The van der Waals surface area contributed by atoms with Gasteiger partial charge in [0.25, 0.3) is 5.91 Å². The number of carbonyl (C=O) groups excluding carboxylic acids is 2. The molecule has 148 valence electrons. The molecule has 0 radical (unpaired) electrons. The summed E-state index contributed by atoms with van der Waals surface area (Å²) >= 11 is 1.45. The van der Waals surface area contributed by atoms with Gasteiger partial charge in [-0.1, -0.05) is 6.07 Å². The van der Waals surface area contributed by atoms with Crippen molar-refractivity contribution in [3.05, 3.63) is 46.7 Å². The van der Waals surface area contributed by atoms with E-state index >= 15 is 0 Å². The molecule has 1 aliphatic heterocycles. The molecule has 2 aromatic rings. The number of hydrogen-bond acceptors (Lipinski definition) is 4. The molecule has 6 heteroatoms. The number of hydrogen-bond donors (Lipinski definition) is 1. The van der Waals surface area contributed by atoms with E-state index in [4.69, 9.17) is 4.74 Å². The van der Waals surface area contributed by atoms with E-state index in [0.717, 1.165) is 42.0 Å². The predicted octanol–water partition coefficient (Wildman–Crippen LogP) is 4.56. The van der Waals surface area contributed by atoms with Gasteiger partial charge >= 0.3 is 0 Å². The lowest BCUT2D eigenvalue weighted by Gasteiger charge is -2.31. The Morgan fingerprint density at radius 2 is 1.82 bits per heavy atom. The topological polar surface area (TPSA) is 58.6 Å². The number of nitrogens with one attached hydrogen (secondary N) is 1. The number of ether oxygens (including phenoxy) is 1. The number of thiophene rings is 1. The molecule has 1 aromatic heterocycles. The van der Waals surface area contributed by atoms with Crippen molar-refractivity contribution in [2.45, 2.75) is 44.6 Å². The van der Waals surface area contributed by atoms with Crippen LogP contribution in [0.1, 0.15) is 48.2 Å². The third-order valence-corrected chi connectivity index (χ3v) is 6.40. The zero-order valence-electron chi connectivity index (χ0n) is 15.9. The van der Waals surface area contributed by atoms with Crippen LogP contribution in [0, 0.1) is 5.92 Å². The number of piperidine rings is 1. The van der Waals surface area contributed by atoms with Crippen LogP contribution in [-0.4, -0.2) is 35.9 Å². The Morgan fingerprint density at radius 3 is 2.54 bits per heavy atom. The Kier molecular flexibility index (Phi) is 5.95. The van der Waals surface area contributed by atoms with Gasteiger partial charge in [-0.2, -0.15) is 0 Å². The first-order valence-corrected chi connectivity index (χ1v) is 11.0. The van der Waals surface area contributed by atoms with E-state index in [-0.39, 0.29) is 17.7 Å². The van der Waals surface area contributed by atoms with Gasteiger partial charge < -0.3 is 15.0 Å². The van der Waals surface area contributed by atoms with Gasteiger partial charge in [-0.3, -0.25) is 9.59 Å². The highest BCUT2D eigenvalue weighted by Crippen LogP contribution is 2.26. The van der Waals surface area contributed by atoms with Gasteiger partial charge in [-0.15, -0.1) is 11.3 Å². The number of likely N-dealkylation sites (tertiary alicyclic amines) is 1. The molecular weight excluding hydrogens is 372 g/mol. The van der Waals surface area contributed by atoms with E-state index in [9.17, 15) is 9.59 Å². The predicted molar refractivity (Wildman–Crippen MR) is 111 cm³/mol. The van der Waals surface area contributed by atoms with Crippen molar-refractivity contribution in [2.24, 2.45) is 5.92 Å². The molecule has 2 heterocycles. The van der Waals surface area contributed by atoms with E-state index in [1.165, 1.54) is 24.2 Å². The quantitative estimate of drug-likeness (QED) is 0.803. The Balaban J connectivity index is 1.32. The monoisotopic (exact) mass is 398 g/mol. The van der Waals surface area contributed by atoms with Gasteiger partial charge in [-0.25, -0.2) is 0 Å². The summed E-state index contributed by atoms with van der Waals surface area (Å²) in [5.74, 6) is 0.691. The van der Waals surface area contributed by atoms with Crippen molar-refractivity contribution in [3.8, 4) is 5.75 Å². The smallest absolute Gasteiger partial charge is 0.263 e. The minimum atomic E-state index is -0.174. The highest BCUT2D eigenvalue weighted by atomic mass is 32.1. The lowest BCUT2D eigenvalue weighted by molar-refractivity contribution is -0.121. The molecule has 1 N–H and O–H groups in total. The van der Waals surface area contributed by atoms with Crippen LogP contribution >= 0.6 is 11.3 Å². The van der Waals surface area contributed by atoms with E-state index < -0.39 is 0 Å². The van der Waals surface area contributed by atoms with Crippen LogP contribution in [0.2, 0.25) is 0 Å². The lowest BCUT2D eigenvalue weighted by Crippen LogP contribution is -2.43. The van der Waals surface area contributed by atoms with Crippen LogP contribution in [0.4, 0.5) is 5.69 Å². The molecule has 0 bridgehead atoms. The SMILES string of the molecule is O=C(Nc1ccc(OC2CCCC2)cc1)C1CCCN(C(=O)c2cccs2)C1. The average molecular weight is 399 g/mol. The van der Waals surface area contributed by atoms with Gasteiger partial charge in [0.05, 0.1) is 16.9 Å². The van der Waals surface area contributed by atoms with Crippen LogP contribution in [0.5, 0.6) is 5.75 Å². The van der Waals surface area contributed by atoms with Crippen LogP contribution in [0.25, 0.3) is 0 Å². The summed E-state index contributed by atoms with van der Waals surface area (Å²) < 4.78 is 5.97. The third-order valence-electron chi connectivity index (χ3n) is 5.54. The third kappa shape index (κ3) is 4.55. The first kappa shape index (κ1) is 19.0. The molecule has 1 unspecified atom stereocenters. The average Bonchev–Trinajstić information content (AvgIpc) is 3.43. The highest BCUT2D eigenvalue weighted by molar-refractivity contribution is 7.12. The minimum Gasteiger partial charge on any atom is -0.490 e. The van der Waals surface area contributed by atoms with Crippen molar-refractivity contribution < 1.29 is 14.3 Å². The Hall–Kier alpha value is -2.34. The minimum absolute atomic E-state index is 0.0202. The number of rotatable bonds is 5. The second-order valence-electron chi connectivity index (χ2n) is 7.61. The summed E-state index contributed by atoms with van der Waals surface area (Å²) in [6.45, 7) is 1.19. The molecule has 2 amide bonds. The van der Waals surface area contributed by atoms with E-state index in [1.807, 2.05) is 41.8 Å². The van der Waals surface area contributed by atoms with E-state index in [1.54, 1.807) is 4.90 Å². The maximum Gasteiger partial charge on any atom is 0.263 e. The van der Waals surface area contributed by atoms with Crippen LogP contribution in [0.3, 0.4) is 0 Å². The number of carbonyl (C=O) groups is 2. The fourth-order valence-electron chi connectivity index (χ4n) is 3.99. The van der Waals surface area contributed by atoms with Crippen molar-refractivity contribution in [2.75, 3.05) is 18.4 Å². The molecule has 0 spiro atoms. The van der Waals surface area contributed by atoms with Crippen molar-refractivity contribution in [1.82, 2.24) is 4.90 Å². The second-order valence-corrected chi connectivity index (χ2v) is 8.55. The molecular formula is C22H26N2O3S. The van der Waals surface area contributed by atoms with Gasteiger partial charge in [-0.05, 0) is 74.2 Å². The number of benzene rings is 1. The molecule has 1 saturated carbocycles. The number of amides is 2. The molecule has 28 heavy (non-hydrogen) atoms. The highest BCUT2D eigenvalue weighted by Gasteiger charge is 2.29. The van der Waals surface area contributed by atoms with Crippen molar-refractivity contribution in [3.63, 3.8) is 0 Å². The Bertz CT molecular complexity index is 798. The fraction of sp³-hybridized carbons (Fsp3) is 0.455. The fourth-order valence-corrected chi connectivity index (χ4v) is 4.68. The van der Waals surface area contributed by atoms with Gasteiger partial charge in [0.15, 0.2) is 0 Å². The summed E-state index contributed by atoms with van der Waals surface area (Å²) in [4.78, 5) is 27.8. The summed E-state index contributed by atoms with van der Waals surface area (Å²) in [6, 6.07) is 11.3. The molecule has 1 aromatic carbocycles. The number of anilines is 1. The Morgan fingerprint density at radius 1 is 1.04 bits per heavy atom. The summed E-state index contributed by atoms with van der Waals surface area (Å²) in [6.07, 6.45) is 6.72. The molecule has 1 aliphatic carbocycles. The standard InChI is InChI=1S/C22H26N2O3S/c25-21(16-5-3-13-24(15-16)22(26)20-8-4-14-28-20)23-17-9-11-19(12-10-17)27-18-6-1-2-7-18/h4,8-12,14,16,18H,1-3,5-7,13,15H2,(H,23,25). The summed E-state index contributed by atoms with van der Waals surface area (Å²) in [5.41, 5.74) is 0.769. The number of nitrogens with zero attached hydrogens (tertiary/aromatic N) is 1. The van der Waals surface area contributed by atoms with Gasteiger partial charge in [0.2, 0.25) is 5.91 Å². The van der Waals surface area contributed by atoms with Crippen LogP contribution in [-0.2, 0) is 4.79 Å². The first-order valence-electron chi connectivity index (χ1n) is 10.1. The Labute approximate surface area is 169 Å². The zero-order chi connectivity index (χ0) is 19.3.